The minimum absolute atomic E-state index is 0.903. The van der Waals surface area contributed by atoms with Crippen molar-refractivity contribution in [3.63, 3.8) is 0 Å². The van der Waals surface area contributed by atoms with E-state index in [1.165, 1.54) is 22.3 Å². The van der Waals surface area contributed by atoms with Gasteiger partial charge in [-0.05, 0) is 18.1 Å². The molecule has 0 atom stereocenters. The van der Waals surface area contributed by atoms with Crippen molar-refractivity contribution >= 4 is 0 Å². The standard InChI is InChI=1S/C17H16N2/c1-13-7-9-15(10-8-13)17-16(12-18-19-17)11-14-5-3-2-4-6-14/h2-10,12H,11H2,1H3,(H,18,19). The maximum absolute atomic E-state index is 4.19. The Hall–Kier alpha value is -2.35. The highest BCUT2D eigenvalue weighted by Gasteiger charge is 2.08. The number of nitrogens with one attached hydrogen (secondary N) is 1. The van der Waals surface area contributed by atoms with Crippen molar-refractivity contribution < 1.29 is 0 Å². The molecule has 2 nitrogen and oxygen atoms in total. The molecule has 0 radical (unpaired) electrons. The zero-order valence-corrected chi connectivity index (χ0v) is 10.9. The maximum atomic E-state index is 4.19. The van der Waals surface area contributed by atoms with Gasteiger partial charge in [-0.15, -0.1) is 0 Å². The number of aromatic nitrogens is 2. The van der Waals surface area contributed by atoms with Crippen LogP contribution in [0.5, 0.6) is 0 Å². The molecule has 0 aliphatic carbocycles. The molecule has 2 heteroatoms. The summed E-state index contributed by atoms with van der Waals surface area (Å²) in [6.07, 6.45) is 2.82. The van der Waals surface area contributed by atoms with Crippen LogP contribution in [0.15, 0.2) is 60.8 Å². The fraction of sp³-hybridized carbons (Fsp3) is 0.118. The average Bonchev–Trinajstić information content (AvgIpc) is 2.89. The lowest BCUT2D eigenvalue weighted by Crippen LogP contribution is -1.89. The van der Waals surface area contributed by atoms with E-state index in [1.807, 2.05) is 12.3 Å². The molecule has 2 aromatic carbocycles. The van der Waals surface area contributed by atoms with Crippen molar-refractivity contribution in [2.24, 2.45) is 0 Å². The molecule has 3 aromatic rings. The Balaban J connectivity index is 1.92. The van der Waals surface area contributed by atoms with Gasteiger partial charge in [0, 0.05) is 12.0 Å². The van der Waals surface area contributed by atoms with Crippen LogP contribution in [-0.2, 0) is 6.42 Å². The highest BCUT2D eigenvalue weighted by atomic mass is 15.1. The molecular formula is C17H16N2. The van der Waals surface area contributed by atoms with Crippen LogP contribution in [0.4, 0.5) is 0 Å². The Morgan fingerprint density at radius 2 is 1.68 bits per heavy atom. The lowest BCUT2D eigenvalue weighted by Gasteiger charge is -2.04. The monoisotopic (exact) mass is 248 g/mol. The van der Waals surface area contributed by atoms with E-state index in [2.05, 4.69) is 65.7 Å². The number of H-pyrrole nitrogens is 1. The largest absolute Gasteiger partial charge is 0.278 e. The van der Waals surface area contributed by atoms with Gasteiger partial charge < -0.3 is 0 Å². The minimum atomic E-state index is 0.903. The molecule has 19 heavy (non-hydrogen) atoms. The summed E-state index contributed by atoms with van der Waals surface area (Å²) in [5.41, 5.74) is 6.11. The molecule has 0 aliphatic heterocycles. The smallest absolute Gasteiger partial charge is 0.0685 e. The van der Waals surface area contributed by atoms with E-state index in [0.717, 1.165) is 12.1 Å². The SMILES string of the molecule is Cc1ccc(-c2[nH]ncc2Cc2ccccc2)cc1. The molecule has 1 N–H and O–H groups in total. The van der Waals surface area contributed by atoms with Crippen molar-refractivity contribution in [2.75, 3.05) is 0 Å². The molecule has 0 amide bonds. The normalized spacial score (nSPS) is 10.6. The first kappa shape index (κ1) is 11.7. The van der Waals surface area contributed by atoms with Gasteiger partial charge in [-0.25, -0.2) is 0 Å². The summed E-state index contributed by atoms with van der Waals surface area (Å²) in [4.78, 5) is 0. The second kappa shape index (κ2) is 5.11. The Morgan fingerprint density at radius 3 is 2.42 bits per heavy atom. The van der Waals surface area contributed by atoms with Crippen molar-refractivity contribution in [3.8, 4) is 11.3 Å². The number of hydrogen-bond acceptors (Lipinski definition) is 1. The van der Waals surface area contributed by atoms with Gasteiger partial charge in [-0.2, -0.15) is 5.10 Å². The van der Waals surface area contributed by atoms with Crippen LogP contribution in [0.1, 0.15) is 16.7 Å². The van der Waals surface area contributed by atoms with E-state index in [-0.39, 0.29) is 0 Å². The Morgan fingerprint density at radius 1 is 0.947 bits per heavy atom. The number of aryl methyl sites for hydroxylation is 1. The number of benzene rings is 2. The molecule has 0 saturated heterocycles. The van der Waals surface area contributed by atoms with Crippen LogP contribution in [0, 0.1) is 6.92 Å². The van der Waals surface area contributed by atoms with Gasteiger partial charge in [-0.1, -0.05) is 60.2 Å². The van der Waals surface area contributed by atoms with Crippen LogP contribution >= 0.6 is 0 Å². The summed E-state index contributed by atoms with van der Waals surface area (Å²) < 4.78 is 0. The van der Waals surface area contributed by atoms with E-state index < -0.39 is 0 Å². The summed E-state index contributed by atoms with van der Waals surface area (Å²) in [5.74, 6) is 0. The quantitative estimate of drug-likeness (QED) is 0.746. The van der Waals surface area contributed by atoms with Crippen LogP contribution < -0.4 is 0 Å². The lowest BCUT2D eigenvalue weighted by molar-refractivity contribution is 1.09. The first-order valence-corrected chi connectivity index (χ1v) is 6.46. The zero-order valence-electron chi connectivity index (χ0n) is 10.9. The molecule has 0 spiro atoms. The summed E-state index contributed by atoms with van der Waals surface area (Å²) >= 11 is 0. The summed E-state index contributed by atoms with van der Waals surface area (Å²) in [7, 11) is 0. The van der Waals surface area contributed by atoms with Crippen LogP contribution in [0.2, 0.25) is 0 Å². The third kappa shape index (κ3) is 2.58. The number of hydrogen-bond donors (Lipinski definition) is 1. The fourth-order valence-electron chi connectivity index (χ4n) is 2.23. The van der Waals surface area contributed by atoms with Crippen molar-refractivity contribution in [1.82, 2.24) is 10.2 Å². The predicted molar refractivity (Wildman–Crippen MR) is 78.0 cm³/mol. The Kier molecular flexibility index (Phi) is 3.15. The Labute approximate surface area is 113 Å². The average molecular weight is 248 g/mol. The van der Waals surface area contributed by atoms with Gasteiger partial charge in [0.2, 0.25) is 0 Å². The highest BCUT2D eigenvalue weighted by Crippen LogP contribution is 2.23. The molecular weight excluding hydrogens is 232 g/mol. The minimum Gasteiger partial charge on any atom is -0.278 e. The molecule has 0 bridgehead atoms. The van der Waals surface area contributed by atoms with Gasteiger partial charge in [0.15, 0.2) is 0 Å². The third-order valence-corrected chi connectivity index (χ3v) is 3.30. The molecule has 3 rings (SSSR count). The van der Waals surface area contributed by atoms with Gasteiger partial charge in [0.05, 0.1) is 11.9 Å². The fourth-order valence-corrected chi connectivity index (χ4v) is 2.23. The van der Waals surface area contributed by atoms with Gasteiger partial charge in [-0.3, -0.25) is 5.10 Å². The number of aromatic amines is 1. The van der Waals surface area contributed by atoms with E-state index in [0.29, 0.717) is 0 Å². The molecule has 0 aliphatic rings. The first-order chi connectivity index (χ1) is 9.33. The van der Waals surface area contributed by atoms with Crippen LogP contribution in [-0.4, -0.2) is 10.2 Å². The Bertz CT molecular complexity index is 651. The summed E-state index contributed by atoms with van der Waals surface area (Å²) in [5, 5.41) is 7.30. The second-order valence-electron chi connectivity index (χ2n) is 4.80. The lowest BCUT2D eigenvalue weighted by atomic mass is 10.0. The molecule has 94 valence electrons. The first-order valence-electron chi connectivity index (χ1n) is 6.46. The zero-order chi connectivity index (χ0) is 13.1. The van der Waals surface area contributed by atoms with Gasteiger partial charge in [0.25, 0.3) is 0 Å². The van der Waals surface area contributed by atoms with Crippen molar-refractivity contribution in [2.45, 2.75) is 13.3 Å². The predicted octanol–water partition coefficient (Wildman–Crippen LogP) is 3.98. The van der Waals surface area contributed by atoms with E-state index in [1.54, 1.807) is 0 Å². The molecule has 1 aromatic heterocycles. The topological polar surface area (TPSA) is 28.7 Å². The van der Waals surface area contributed by atoms with E-state index in [4.69, 9.17) is 0 Å². The number of nitrogens with zero attached hydrogens (tertiary/aromatic N) is 1. The van der Waals surface area contributed by atoms with Gasteiger partial charge >= 0.3 is 0 Å². The maximum Gasteiger partial charge on any atom is 0.0685 e. The van der Waals surface area contributed by atoms with Crippen molar-refractivity contribution in [3.05, 3.63) is 77.5 Å². The molecule has 0 unspecified atom stereocenters. The molecule has 1 heterocycles. The van der Waals surface area contributed by atoms with Crippen LogP contribution in [0.25, 0.3) is 11.3 Å². The second-order valence-corrected chi connectivity index (χ2v) is 4.80. The van der Waals surface area contributed by atoms with E-state index in [9.17, 15) is 0 Å². The summed E-state index contributed by atoms with van der Waals surface area (Å²) in [6.45, 7) is 2.10. The number of rotatable bonds is 3. The van der Waals surface area contributed by atoms with Crippen molar-refractivity contribution in [1.29, 1.82) is 0 Å². The molecule has 0 fully saturated rings. The third-order valence-electron chi connectivity index (χ3n) is 3.30. The van der Waals surface area contributed by atoms with Crippen LogP contribution in [0.3, 0.4) is 0 Å². The van der Waals surface area contributed by atoms with E-state index >= 15 is 0 Å². The summed E-state index contributed by atoms with van der Waals surface area (Å²) in [6, 6.07) is 19.0. The van der Waals surface area contributed by atoms with Gasteiger partial charge in [0.1, 0.15) is 0 Å². The highest BCUT2D eigenvalue weighted by molar-refractivity contribution is 5.63. The molecule has 0 saturated carbocycles.